The van der Waals surface area contributed by atoms with E-state index < -0.39 is 15.6 Å². The Morgan fingerprint density at radius 1 is 1.23 bits per heavy atom. The largest absolute Gasteiger partial charge is 0.467 e. The third kappa shape index (κ3) is 4.89. The molecule has 35 heavy (non-hydrogen) atoms. The first-order chi connectivity index (χ1) is 16.7. The molecular formula is C24H31N5O5S. The Balaban J connectivity index is 1.82. The van der Waals surface area contributed by atoms with Gasteiger partial charge in [-0.1, -0.05) is 19.3 Å². The standard InChI is InChI=1S/C24H31N5O5S/c1-4-34-16(2)20-14-17-15-26-23(27-18-8-10-19(11-9-18)35(25,31)32)28-21(17)29(20)24(22(30)33-3)12-6-5-7-13-24/h8-11,14-16H,4-7,12-13H2,1-3H3,(H2,25,31,32)(H,26,27,28). The van der Waals surface area contributed by atoms with Gasteiger partial charge in [0.2, 0.25) is 16.0 Å². The average molecular weight is 502 g/mol. The molecule has 0 spiro atoms. The lowest BCUT2D eigenvalue weighted by atomic mass is 9.81. The lowest BCUT2D eigenvalue weighted by Gasteiger charge is -2.38. The van der Waals surface area contributed by atoms with E-state index in [4.69, 9.17) is 19.6 Å². The number of fused-ring (bicyclic) bond motifs is 1. The molecule has 3 aromatic rings. The van der Waals surface area contributed by atoms with E-state index in [2.05, 4.69) is 10.3 Å². The van der Waals surface area contributed by atoms with Crippen molar-refractivity contribution in [1.82, 2.24) is 14.5 Å². The Morgan fingerprint density at radius 2 is 1.91 bits per heavy atom. The van der Waals surface area contributed by atoms with Crippen LogP contribution in [-0.2, 0) is 29.8 Å². The van der Waals surface area contributed by atoms with Gasteiger partial charge in [0.1, 0.15) is 11.2 Å². The van der Waals surface area contributed by atoms with Crippen molar-refractivity contribution in [2.24, 2.45) is 5.14 Å². The van der Waals surface area contributed by atoms with E-state index in [9.17, 15) is 13.2 Å². The molecule has 3 N–H and O–H groups in total. The van der Waals surface area contributed by atoms with E-state index in [1.165, 1.54) is 19.2 Å². The molecule has 4 rings (SSSR count). The van der Waals surface area contributed by atoms with Gasteiger partial charge < -0.3 is 19.4 Å². The van der Waals surface area contributed by atoms with Gasteiger partial charge >= 0.3 is 5.97 Å². The number of hydrogen-bond donors (Lipinski definition) is 2. The van der Waals surface area contributed by atoms with Crippen LogP contribution < -0.4 is 10.5 Å². The maximum Gasteiger partial charge on any atom is 0.332 e. The van der Waals surface area contributed by atoms with Gasteiger partial charge in [-0.05, 0) is 57.0 Å². The first-order valence-electron chi connectivity index (χ1n) is 11.7. The van der Waals surface area contributed by atoms with Crippen LogP contribution in [0.25, 0.3) is 11.0 Å². The predicted octanol–water partition coefficient (Wildman–Crippen LogP) is 3.75. The first kappa shape index (κ1) is 25.1. The zero-order valence-corrected chi connectivity index (χ0v) is 21.0. The van der Waals surface area contributed by atoms with Crippen LogP contribution in [0.1, 0.15) is 57.7 Å². The molecule has 0 radical (unpaired) electrons. The molecule has 2 aromatic heterocycles. The number of esters is 1. The fourth-order valence-electron chi connectivity index (χ4n) is 4.86. The number of ether oxygens (including phenoxy) is 2. The predicted molar refractivity (Wildman–Crippen MR) is 132 cm³/mol. The molecule has 11 heteroatoms. The van der Waals surface area contributed by atoms with Crippen LogP contribution >= 0.6 is 0 Å². The lowest BCUT2D eigenvalue weighted by Crippen LogP contribution is -2.45. The number of carbonyl (C=O) groups is 1. The highest BCUT2D eigenvalue weighted by Crippen LogP contribution is 2.41. The monoisotopic (exact) mass is 501 g/mol. The third-order valence-corrected chi connectivity index (χ3v) is 7.44. The van der Waals surface area contributed by atoms with Gasteiger partial charge in [-0.25, -0.2) is 23.3 Å². The van der Waals surface area contributed by atoms with Gasteiger partial charge in [-0.15, -0.1) is 0 Å². The summed E-state index contributed by atoms with van der Waals surface area (Å²) >= 11 is 0. The zero-order valence-electron chi connectivity index (χ0n) is 20.2. The van der Waals surface area contributed by atoms with Crippen molar-refractivity contribution in [2.45, 2.75) is 62.5 Å². The van der Waals surface area contributed by atoms with Crippen molar-refractivity contribution in [3.05, 3.63) is 42.2 Å². The molecule has 1 aromatic carbocycles. The van der Waals surface area contributed by atoms with Crippen molar-refractivity contribution in [3.8, 4) is 0 Å². The van der Waals surface area contributed by atoms with Gasteiger partial charge in [-0.3, -0.25) is 0 Å². The minimum Gasteiger partial charge on any atom is -0.467 e. The van der Waals surface area contributed by atoms with Crippen molar-refractivity contribution in [3.63, 3.8) is 0 Å². The van der Waals surface area contributed by atoms with E-state index in [1.54, 1.807) is 18.3 Å². The second-order valence-corrected chi connectivity index (χ2v) is 10.3. The molecule has 0 amide bonds. The van der Waals surface area contributed by atoms with E-state index in [1.807, 2.05) is 24.5 Å². The quantitative estimate of drug-likeness (QED) is 0.445. The topological polar surface area (TPSA) is 138 Å². The van der Waals surface area contributed by atoms with Gasteiger partial charge in [0, 0.05) is 23.9 Å². The summed E-state index contributed by atoms with van der Waals surface area (Å²) in [6.45, 7) is 4.42. The Morgan fingerprint density at radius 3 is 2.51 bits per heavy atom. The number of anilines is 2. The Hall–Kier alpha value is -3.02. The lowest BCUT2D eigenvalue weighted by molar-refractivity contribution is -0.153. The highest BCUT2D eigenvalue weighted by molar-refractivity contribution is 7.89. The summed E-state index contributed by atoms with van der Waals surface area (Å²) in [6.07, 6.45) is 5.61. The van der Waals surface area contributed by atoms with Crippen LogP contribution in [0.3, 0.4) is 0 Å². The van der Waals surface area contributed by atoms with Crippen LogP contribution in [0.2, 0.25) is 0 Å². The number of benzene rings is 1. The van der Waals surface area contributed by atoms with Gasteiger partial charge in [-0.2, -0.15) is 4.98 Å². The number of nitrogens with two attached hydrogens (primary N) is 1. The molecule has 1 atom stereocenters. The summed E-state index contributed by atoms with van der Waals surface area (Å²) in [4.78, 5) is 22.5. The fraction of sp³-hybridized carbons (Fsp3) is 0.458. The van der Waals surface area contributed by atoms with Crippen LogP contribution in [0.15, 0.2) is 41.4 Å². The van der Waals surface area contributed by atoms with Crippen LogP contribution in [0.5, 0.6) is 0 Å². The first-order valence-corrected chi connectivity index (χ1v) is 13.2. The highest BCUT2D eigenvalue weighted by Gasteiger charge is 2.45. The second kappa shape index (κ2) is 9.92. The number of carbonyl (C=O) groups excluding carboxylic acids is 1. The molecule has 1 aliphatic carbocycles. The molecule has 0 bridgehead atoms. The van der Waals surface area contributed by atoms with Gasteiger partial charge in [0.25, 0.3) is 0 Å². The molecular weight excluding hydrogens is 470 g/mol. The smallest absolute Gasteiger partial charge is 0.332 e. The molecule has 1 fully saturated rings. The SMILES string of the molecule is CCOC(C)c1cc2cnc(Nc3ccc(S(N)(=O)=O)cc3)nc2n1C1(C(=O)OC)CCCCC1. The van der Waals surface area contributed by atoms with E-state index in [0.29, 0.717) is 36.7 Å². The molecule has 0 saturated heterocycles. The normalized spacial score (nSPS) is 16.7. The minimum absolute atomic E-state index is 0.0140. The summed E-state index contributed by atoms with van der Waals surface area (Å²) in [5.74, 6) is 0.0259. The average Bonchev–Trinajstić information content (AvgIpc) is 3.23. The summed E-state index contributed by atoms with van der Waals surface area (Å²) < 4.78 is 36.3. The number of rotatable bonds is 8. The van der Waals surface area contributed by atoms with Gasteiger partial charge in [0.15, 0.2) is 0 Å². The Bertz CT molecular complexity index is 1310. The van der Waals surface area contributed by atoms with Crippen LogP contribution in [0, 0.1) is 0 Å². The number of nitrogens with zero attached hydrogens (tertiary/aromatic N) is 3. The molecule has 10 nitrogen and oxygen atoms in total. The molecule has 0 aliphatic heterocycles. The summed E-state index contributed by atoms with van der Waals surface area (Å²) in [7, 11) is -2.37. The Kier molecular flexibility index (Phi) is 7.11. The number of methoxy groups -OCH3 is 1. The maximum atomic E-state index is 13.3. The van der Waals surface area contributed by atoms with Gasteiger partial charge in [0.05, 0.1) is 23.8 Å². The number of hydrogen-bond acceptors (Lipinski definition) is 8. The second-order valence-electron chi connectivity index (χ2n) is 8.75. The van der Waals surface area contributed by atoms with Crippen molar-refractivity contribution >= 4 is 38.7 Å². The minimum atomic E-state index is -3.79. The molecule has 1 aliphatic rings. The Labute approximate surface area is 204 Å². The summed E-state index contributed by atoms with van der Waals surface area (Å²) in [6, 6.07) is 7.97. The van der Waals surface area contributed by atoms with E-state index >= 15 is 0 Å². The highest BCUT2D eigenvalue weighted by atomic mass is 32.2. The number of aromatic nitrogens is 3. The van der Waals surface area contributed by atoms with E-state index in [-0.39, 0.29) is 17.0 Å². The number of primary sulfonamides is 1. The summed E-state index contributed by atoms with van der Waals surface area (Å²) in [5.41, 5.74) is 1.17. The van der Waals surface area contributed by atoms with E-state index in [0.717, 1.165) is 30.3 Å². The van der Waals surface area contributed by atoms with Crippen LogP contribution in [-0.4, -0.2) is 42.6 Å². The maximum absolute atomic E-state index is 13.3. The summed E-state index contributed by atoms with van der Waals surface area (Å²) in [5, 5.41) is 9.08. The van der Waals surface area contributed by atoms with Crippen molar-refractivity contribution < 1.29 is 22.7 Å². The molecule has 1 unspecified atom stereocenters. The zero-order chi connectivity index (χ0) is 25.2. The fourth-order valence-corrected chi connectivity index (χ4v) is 5.37. The molecule has 188 valence electrons. The van der Waals surface area contributed by atoms with Crippen molar-refractivity contribution in [1.29, 1.82) is 0 Å². The number of nitrogens with one attached hydrogen (secondary N) is 1. The molecule has 2 heterocycles. The van der Waals surface area contributed by atoms with Crippen LogP contribution in [0.4, 0.5) is 11.6 Å². The molecule has 1 saturated carbocycles. The number of sulfonamides is 1. The third-order valence-electron chi connectivity index (χ3n) is 6.52. The van der Waals surface area contributed by atoms with Crippen molar-refractivity contribution in [2.75, 3.05) is 19.0 Å².